The zero-order chi connectivity index (χ0) is 14.5. The fraction of sp³-hybridized carbons (Fsp3) is 0.533. The molecule has 1 atom stereocenters. The van der Waals surface area contributed by atoms with Gasteiger partial charge in [0.05, 0.1) is 5.56 Å². The minimum Gasteiger partial charge on any atom is -0.478 e. The van der Waals surface area contributed by atoms with Crippen LogP contribution in [0.1, 0.15) is 28.8 Å². The molecule has 0 aromatic heterocycles. The van der Waals surface area contributed by atoms with E-state index in [0.29, 0.717) is 18.0 Å². The molecule has 2 rings (SSSR count). The van der Waals surface area contributed by atoms with Gasteiger partial charge in [-0.3, -0.25) is 0 Å². The van der Waals surface area contributed by atoms with Gasteiger partial charge in [-0.1, -0.05) is 0 Å². The van der Waals surface area contributed by atoms with E-state index in [-0.39, 0.29) is 11.4 Å². The molecule has 1 aliphatic heterocycles. The number of rotatable bonds is 5. The third-order valence-corrected chi connectivity index (χ3v) is 3.76. The Balaban J connectivity index is 1.87. The Hall–Kier alpha value is -1.46. The van der Waals surface area contributed by atoms with Gasteiger partial charge in [0.25, 0.3) is 0 Å². The zero-order valence-electron chi connectivity index (χ0n) is 11.7. The Kier molecular flexibility index (Phi) is 5.09. The van der Waals surface area contributed by atoms with Gasteiger partial charge in [-0.05, 0) is 57.1 Å². The van der Waals surface area contributed by atoms with E-state index in [2.05, 4.69) is 17.3 Å². The molecule has 2 N–H and O–H groups in total. The fourth-order valence-electron chi connectivity index (χ4n) is 2.69. The first-order chi connectivity index (χ1) is 9.56. The van der Waals surface area contributed by atoms with Crippen molar-refractivity contribution in [3.63, 3.8) is 0 Å². The predicted molar refractivity (Wildman–Crippen MR) is 75.3 cm³/mol. The highest BCUT2D eigenvalue weighted by Gasteiger charge is 2.16. The smallest absolute Gasteiger partial charge is 0.335 e. The summed E-state index contributed by atoms with van der Waals surface area (Å²) in [5, 5.41) is 12.1. The molecular weight excluding hydrogens is 259 g/mol. The number of likely N-dealkylation sites (tertiary alicyclic amines) is 1. The Labute approximate surface area is 118 Å². The molecule has 20 heavy (non-hydrogen) atoms. The van der Waals surface area contributed by atoms with Gasteiger partial charge in [0.1, 0.15) is 5.82 Å². The number of nitrogens with zero attached hydrogens (tertiary/aromatic N) is 1. The zero-order valence-corrected chi connectivity index (χ0v) is 11.7. The average molecular weight is 280 g/mol. The van der Waals surface area contributed by atoms with E-state index in [1.54, 1.807) is 0 Å². The van der Waals surface area contributed by atoms with Gasteiger partial charge in [-0.2, -0.15) is 0 Å². The van der Waals surface area contributed by atoms with Gasteiger partial charge in [0.2, 0.25) is 0 Å². The number of nitrogens with one attached hydrogen (secondary N) is 1. The maximum absolute atomic E-state index is 13.6. The molecule has 110 valence electrons. The number of carbonyl (C=O) groups is 1. The lowest BCUT2D eigenvalue weighted by Crippen LogP contribution is -2.37. The SMILES string of the molecule is CN1CCCC(CNCc2cc(C(=O)O)ccc2F)C1. The van der Waals surface area contributed by atoms with Crippen molar-refractivity contribution in [1.82, 2.24) is 10.2 Å². The first-order valence-corrected chi connectivity index (χ1v) is 6.97. The lowest BCUT2D eigenvalue weighted by molar-refractivity contribution is 0.0696. The number of halogens is 1. The molecule has 0 saturated carbocycles. The highest BCUT2D eigenvalue weighted by molar-refractivity contribution is 5.87. The summed E-state index contributed by atoms with van der Waals surface area (Å²) in [6.07, 6.45) is 2.39. The summed E-state index contributed by atoms with van der Waals surface area (Å²) in [7, 11) is 2.11. The lowest BCUT2D eigenvalue weighted by Gasteiger charge is -2.29. The molecule has 0 bridgehead atoms. The van der Waals surface area contributed by atoms with Crippen molar-refractivity contribution in [2.24, 2.45) is 5.92 Å². The fourth-order valence-corrected chi connectivity index (χ4v) is 2.69. The van der Waals surface area contributed by atoms with Crippen LogP contribution in [-0.4, -0.2) is 42.7 Å². The molecule has 1 saturated heterocycles. The minimum atomic E-state index is -1.03. The number of carboxylic acids is 1. The van der Waals surface area contributed by atoms with Gasteiger partial charge in [-0.15, -0.1) is 0 Å². The van der Waals surface area contributed by atoms with E-state index < -0.39 is 5.97 Å². The molecule has 1 fully saturated rings. The van der Waals surface area contributed by atoms with Crippen molar-refractivity contribution in [2.45, 2.75) is 19.4 Å². The molecule has 4 nitrogen and oxygen atoms in total. The molecular formula is C15H21FN2O2. The van der Waals surface area contributed by atoms with Crippen LogP contribution in [0.5, 0.6) is 0 Å². The lowest BCUT2D eigenvalue weighted by atomic mass is 9.98. The average Bonchev–Trinajstić information content (AvgIpc) is 2.40. The van der Waals surface area contributed by atoms with Crippen LogP contribution < -0.4 is 5.32 Å². The maximum Gasteiger partial charge on any atom is 0.335 e. The number of piperidine rings is 1. The van der Waals surface area contributed by atoms with Crippen molar-refractivity contribution in [2.75, 3.05) is 26.7 Å². The van der Waals surface area contributed by atoms with E-state index in [1.807, 2.05) is 0 Å². The second-order valence-electron chi connectivity index (χ2n) is 5.51. The van der Waals surface area contributed by atoms with Crippen molar-refractivity contribution in [3.05, 3.63) is 35.1 Å². The van der Waals surface area contributed by atoms with Crippen LogP contribution in [0.3, 0.4) is 0 Å². The molecule has 1 aliphatic rings. The Bertz CT molecular complexity index is 479. The topological polar surface area (TPSA) is 52.6 Å². The monoisotopic (exact) mass is 280 g/mol. The molecule has 1 aromatic carbocycles. The normalized spacial score (nSPS) is 20.0. The van der Waals surface area contributed by atoms with Crippen molar-refractivity contribution in [1.29, 1.82) is 0 Å². The van der Waals surface area contributed by atoms with Gasteiger partial charge >= 0.3 is 5.97 Å². The predicted octanol–water partition coefficient (Wildman–Crippen LogP) is 1.96. The quantitative estimate of drug-likeness (QED) is 0.865. The molecule has 1 unspecified atom stereocenters. The van der Waals surface area contributed by atoms with Crippen molar-refractivity contribution >= 4 is 5.97 Å². The molecule has 0 aliphatic carbocycles. The second-order valence-corrected chi connectivity index (χ2v) is 5.51. The van der Waals surface area contributed by atoms with Gasteiger partial charge in [0.15, 0.2) is 0 Å². The van der Waals surface area contributed by atoms with Crippen LogP contribution in [0, 0.1) is 11.7 Å². The molecule has 0 amide bonds. The van der Waals surface area contributed by atoms with Crippen LogP contribution in [-0.2, 0) is 6.54 Å². The Morgan fingerprint density at radius 2 is 2.35 bits per heavy atom. The maximum atomic E-state index is 13.6. The number of carboxylic acid groups (broad SMARTS) is 1. The first-order valence-electron chi connectivity index (χ1n) is 6.97. The van der Waals surface area contributed by atoms with E-state index >= 15 is 0 Å². The number of benzene rings is 1. The van der Waals surface area contributed by atoms with E-state index in [1.165, 1.54) is 31.0 Å². The minimum absolute atomic E-state index is 0.126. The summed E-state index contributed by atoms with van der Waals surface area (Å²) < 4.78 is 13.6. The van der Waals surface area contributed by atoms with Gasteiger partial charge in [0, 0.05) is 18.7 Å². The van der Waals surface area contributed by atoms with Crippen LogP contribution in [0.15, 0.2) is 18.2 Å². The number of aromatic carboxylic acids is 1. The molecule has 5 heteroatoms. The van der Waals surface area contributed by atoms with Gasteiger partial charge in [-0.25, -0.2) is 9.18 Å². The summed E-state index contributed by atoms with van der Waals surface area (Å²) in [6, 6.07) is 3.91. The summed E-state index contributed by atoms with van der Waals surface area (Å²) in [6.45, 7) is 3.41. The number of hydrogen-bond donors (Lipinski definition) is 2. The molecule has 0 spiro atoms. The summed E-state index contributed by atoms with van der Waals surface area (Å²) in [4.78, 5) is 13.2. The highest BCUT2D eigenvalue weighted by atomic mass is 19.1. The van der Waals surface area contributed by atoms with E-state index in [0.717, 1.165) is 19.6 Å². The van der Waals surface area contributed by atoms with E-state index in [4.69, 9.17) is 5.11 Å². The molecule has 1 aromatic rings. The third kappa shape index (κ3) is 4.02. The highest BCUT2D eigenvalue weighted by Crippen LogP contribution is 2.15. The first kappa shape index (κ1) is 14.9. The summed E-state index contributed by atoms with van der Waals surface area (Å²) in [5.74, 6) is -0.803. The van der Waals surface area contributed by atoms with Crippen LogP contribution in [0.4, 0.5) is 4.39 Å². The summed E-state index contributed by atoms with van der Waals surface area (Å²) >= 11 is 0. The third-order valence-electron chi connectivity index (χ3n) is 3.76. The number of hydrogen-bond acceptors (Lipinski definition) is 3. The Morgan fingerprint density at radius 1 is 1.55 bits per heavy atom. The van der Waals surface area contributed by atoms with E-state index in [9.17, 15) is 9.18 Å². The van der Waals surface area contributed by atoms with Crippen molar-refractivity contribution in [3.8, 4) is 0 Å². The molecule has 0 radical (unpaired) electrons. The van der Waals surface area contributed by atoms with Crippen LogP contribution in [0.2, 0.25) is 0 Å². The van der Waals surface area contributed by atoms with Crippen molar-refractivity contribution < 1.29 is 14.3 Å². The summed E-state index contributed by atoms with van der Waals surface area (Å²) in [5.41, 5.74) is 0.537. The van der Waals surface area contributed by atoms with Crippen LogP contribution in [0.25, 0.3) is 0 Å². The Morgan fingerprint density at radius 3 is 3.05 bits per heavy atom. The standard InChI is InChI=1S/C15H21FN2O2/c1-18-6-2-3-11(10-18)8-17-9-13-7-12(15(19)20)4-5-14(13)16/h4-5,7,11,17H,2-3,6,8-10H2,1H3,(H,19,20). The second kappa shape index (κ2) is 6.81. The van der Waals surface area contributed by atoms with Crippen LogP contribution >= 0.6 is 0 Å². The largest absolute Gasteiger partial charge is 0.478 e. The molecule has 1 heterocycles. The van der Waals surface area contributed by atoms with Gasteiger partial charge < -0.3 is 15.3 Å².